The minimum atomic E-state index is -1.14. The third-order valence-corrected chi connectivity index (χ3v) is 3.19. The molecule has 0 unspecified atom stereocenters. The first-order chi connectivity index (χ1) is 7.11. The standard InChI is InChI=1S/C11H11ClO3/c12-9-7-4-2-1-3-6(7)5-8(10(9)13)11(14)15/h5,13H,1-4H2,(H,14,15). The summed E-state index contributed by atoms with van der Waals surface area (Å²) in [7, 11) is 0. The molecule has 0 spiro atoms. The van der Waals surface area contributed by atoms with Gasteiger partial charge in [0.15, 0.2) is 0 Å². The monoisotopic (exact) mass is 226 g/mol. The molecule has 1 aromatic rings. The number of carboxylic acids is 1. The number of hydrogen-bond donors (Lipinski definition) is 2. The molecule has 2 N–H and O–H groups in total. The summed E-state index contributed by atoms with van der Waals surface area (Å²) in [6.07, 6.45) is 3.75. The van der Waals surface area contributed by atoms with Crippen LogP contribution in [-0.4, -0.2) is 16.2 Å². The Morgan fingerprint density at radius 3 is 2.67 bits per heavy atom. The number of halogens is 1. The second-order valence-electron chi connectivity index (χ2n) is 3.74. The smallest absolute Gasteiger partial charge is 0.339 e. The number of fused-ring (bicyclic) bond motifs is 1. The molecule has 1 aliphatic carbocycles. The zero-order chi connectivity index (χ0) is 11.0. The van der Waals surface area contributed by atoms with Crippen molar-refractivity contribution in [3.8, 4) is 5.75 Å². The van der Waals surface area contributed by atoms with Gasteiger partial charge in [0.05, 0.1) is 5.02 Å². The highest BCUT2D eigenvalue weighted by atomic mass is 35.5. The minimum absolute atomic E-state index is 0.0966. The molecule has 4 heteroatoms. The maximum atomic E-state index is 10.8. The number of aromatic carboxylic acids is 1. The summed E-state index contributed by atoms with van der Waals surface area (Å²) in [6.45, 7) is 0. The number of carbonyl (C=O) groups is 1. The highest BCUT2D eigenvalue weighted by Crippen LogP contribution is 2.37. The summed E-state index contributed by atoms with van der Waals surface area (Å²) in [5, 5.41) is 18.7. The molecule has 0 radical (unpaired) electrons. The van der Waals surface area contributed by atoms with Gasteiger partial charge in [-0.2, -0.15) is 0 Å². The average Bonchev–Trinajstić information content (AvgIpc) is 2.23. The van der Waals surface area contributed by atoms with Crippen molar-refractivity contribution in [2.45, 2.75) is 25.7 Å². The molecule has 0 heterocycles. The van der Waals surface area contributed by atoms with Crippen molar-refractivity contribution < 1.29 is 15.0 Å². The molecule has 1 aliphatic rings. The number of rotatable bonds is 1. The Morgan fingerprint density at radius 1 is 1.33 bits per heavy atom. The lowest BCUT2D eigenvalue weighted by Gasteiger charge is -2.18. The fourth-order valence-electron chi connectivity index (χ4n) is 2.01. The summed E-state index contributed by atoms with van der Waals surface area (Å²) in [5.74, 6) is -1.44. The number of hydrogen-bond acceptors (Lipinski definition) is 2. The van der Waals surface area contributed by atoms with Gasteiger partial charge in [-0.15, -0.1) is 0 Å². The molecular weight excluding hydrogens is 216 g/mol. The van der Waals surface area contributed by atoms with E-state index < -0.39 is 5.97 Å². The van der Waals surface area contributed by atoms with E-state index in [1.165, 1.54) is 6.07 Å². The second-order valence-corrected chi connectivity index (χ2v) is 4.11. The largest absolute Gasteiger partial charge is 0.505 e. The molecule has 0 aromatic heterocycles. The normalized spacial score (nSPS) is 14.7. The van der Waals surface area contributed by atoms with Crippen LogP contribution >= 0.6 is 11.6 Å². The van der Waals surface area contributed by atoms with E-state index in [0.29, 0.717) is 0 Å². The summed E-state index contributed by atoms with van der Waals surface area (Å²) < 4.78 is 0. The quantitative estimate of drug-likeness (QED) is 0.774. The fourth-order valence-corrected chi connectivity index (χ4v) is 2.32. The minimum Gasteiger partial charge on any atom is -0.505 e. The van der Waals surface area contributed by atoms with Gasteiger partial charge in [0.1, 0.15) is 11.3 Å². The van der Waals surface area contributed by atoms with Gasteiger partial charge in [0, 0.05) is 0 Å². The number of aromatic hydroxyl groups is 1. The Morgan fingerprint density at radius 2 is 2.00 bits per heavy atom. The lowest BCUT2D eigenvalue weighted by atomic mass is 9.90. The van der Waals surface area contributed by atoms with E-state index in [9.17, 15) is 9.90 Å². The first kappa shape index (κ1) is 10.3. The summed E-state index contributed by atoms with van der Waals surface area (Å²) in [4.78, 5) is 10.8. The van der Waals surface area contributed by atoms with E-state index >= 15 is 0 Å². The van der Waals surface area contributed by atoms with E-state index in [0.717, 1.165) is 36.8 Å². The Hall–Kier alpha value is -1.22. The second kappa shape index (κ2) is 3.74. The lowest BCUT2D eigenvalue weighted by molar-refractivity contribution is 0.0693. The van der Waals surface area contributed by atoms with Crippen molar-refractivity contribution in [2.24, 2.45) is 0 Å². The molecular formula is C11H11ClO3. The Balaban J connectivity index is 2.63. The molecule has 3 nitrogen and oxygen atoms in total. The zero-order valence-corrected chi connectivity index (χ0v) is 8.84. The Bertz CT molecular complexity index is 426. The predicted molar refractivity (Wildman–Crippen MR) is 56.7 cm³/mol. The van der Waals surface area contributed by atoms with Gasteiger partial charge in [-0.3, -0.25) is 0 Å². The van der Waals surface area contributed by atoms with E-state index in [1.54, 1.807) is 0 Å². The maximum Gasteiger partial charge on any atom is 0.339 e. The lowest BCUT2D eigenvalue weighted by Crippen LogP contribution is -2.07. The van der Waals surface area contributed by atoms with Crippen molar-refractivity contribution in [2.75, 3.05) is 0 Å². The van der Waals surface area contributed by atoms with Crippen LogP contribution in [0.5, 0.6) is 5.75 Å². The highest BCUT2D eigenvalue weighted by molar-refractivity contribution is 6.33. The molecule has 2 rings (SSSR count). The van der Waals surface area contributed by atoms with Gasteiger partial charge in [-0.1, -0.05) is 11.6 Å². The van der Waals surface area contributed by atoms with Crippen molar-refractivity contribution >= 4 is 17.6 Å². The summed E-state index contributed by atoms with van der Waals surface area (Å²) >= 11 is 5.95. The molecule has 80 valence electrons. The number of aryl methyl sites for hydroxylation is 1. The van der Waals surface area contributed by atoms with Crippen molar-refractivity contribution in [1.29, 1.82) is 0 Å². The molecule has 0 bridgehead atoms. The molecule has 0 amide bonds. The van der Waals surface area contributed by atoms with Gasteiger partial charge >= 0.3 is 5.97 Å². The first-order valence-corrected chi connectivity index (χ1v) is 5.25. The van der Waals surface area contributed by atoms with E-state index in [1.807, 2.05) is 0 Å². The molecule has 0 aliphatic heterocycles. The number of phenols is 1. The van der Waals surface area contributed by atoms with Crippen LogP contribution in [0.1, 0.15) is 34.3 Å². The summed E-state index contributed by atoms with van der Waals surface area (Å²) in [6, 6.07) is 1.54. The Kier molecular flexibility index (Phi) is 2.57. The van der Waals surface area contributed by atoms with Crippen LogP contribution in [0.25, 0.3) is 0 Å². The third-order valence-electron chi connectivity index (χ3n) is 2.79. The third kappa shape index (κ3) is 1.67. The van der Waals surface area contributed by atoms with Crippen molar-refractivity contribution in [1.82, 2.24) is 0 Å². The molecule has 0 saturated carbocycles. The van der Waals surface area contributed by atoms with Crippen LogP contribution in [0.3, 0.4) is 0 Å². The van der Waals surface area contributed by atoms with E-state index in [4.69, 9.17) is 16.7 Å². The van der Waals surface area contributed by atoms with Crippen LogP contribution in [-0.2, 0) is 12.8 Å². The molecule has 0 atom stereocenters. The van der Waals surface area contributed by atoms with Crippen molar-refractivity contribution in [3.63, 3.8) is 0 Å². The Labute approximate surface area is 92.3 Å². The molecule has 0 fully saturated rings. The van der Waals surface area contributed by atoms with Gasteiger partial charge < -0.3 is 10.2 Å². The van der Waals surface area contributed by atoms with Crippen LogP contribution < -0.4 is 0 Å². The molecule has 1 aromatic carbocycles. The van der Waals surface area contributed by atoms with Gasteiger partial charge in [-0.05, 0) is 42.9 Å². The van der Waals surface area contributed by atoms with Crippen LogP contribution in [0.2, 0.25) is 5.02 Å². The van der Waals surface area contributed by atoms with E-state index in [2.05, 4.69) is 0 Å². The van der Waals surface area contributed by atoms with Gasteiger partial charge in [0.25, 0.3) is 0 Å². The van der Waals surface area contributed by atoms with E-state index in [-0.39, 0.29) is 16.3 Å². The maximum absolute atomic E-state index is 10.8. The average molecular weight is 227 g/mol. The molecule has 0 saturated heterocycles. The van der Waals surface area contributed by atoms with Crippen LogP contribution in [0.15, 0.2) is 6.07 Å². The van der Waals surface area contributed by atoms with Crippen LogP contribution in [0.4, 0.5) is 0 Å². The number of benzene rings is 1. The number of carboxylic acid groups (broad SMARTS) is 1. The van der Waals surface area contributed by atoms with Crippen LogP contribution in [0, 0.1) is 0 Å². The topological polar surface area (TPSA) is 57.5 Å². The fraction of sp³-hybridized carbons (Fsp3) is 0.364. The summed E-state index contributed by atoms with van der Waals surface area (Å²) in [5.41, 5.74) is 1.77. The predicted octanol–water partition coefficient (Wildman–Crippen LogP) is 2.62. The van der Waals surface area contributed by atoms with Crippen molar-refractivity contribution in [3.05, 3.63) is 27.8 Å². The molecule has 15 heavy (non-hydrogen) atoms. The van der Waals surface area contributed by atoms with Gasteiger partial charge in [-0.25, -0.2) is 4.79 Å². The van der Waals surface area contributed by atoms with Gasteiger partial charge in [0.2, 0.25) is 0 Å². The first-order valence-electron chi connectivity index (χ1n) is 4.87. The highest BCUT2D eigenvalue weighted by Gasteiger charge is 2.21. The zero-order valence-electron chi connectivity index (χ0n) is 8.09. The SMILES string of the molecule is O=C(O)c1cc2c(c(Cl)c1O)CCCC2.